The molecule has 2 aliphatic heterocycles. The van der Waals surface area contributed by atoms with Gasteiger partial charge in [-0.05, 0) is 33.3 Å². The number of methoxy groups -OCH3 is 3. The van der Waals surface area contributed by atoms with Crippen LogP contribution in [-0.4, -0.2) is 120 Å². The Labute approximate surface area is 368 Å². The number of aromatic nitrogens is 1. The first-order valence-electron chi connectivity index (χ1n) is 21.4. The number of carbonyl (C=O) groups is 1. The quantitative estimate of drug-likeness (QED) is 0.189. The third kappa shape index (κ3) is 16.9. The number of esters is 1. The van der Waals surface area contributed by atoms with Gasteiger partial charge in [0.1, 0.15) is 36.4 Å². The standard InChI is InChI=1S/C49H71NO12/c1-31-21-15-11-14-18-26-43(54)62-45(35(5)40(53)28-34(4)51)32(2)22-16-12-13-17-24-39(52)29-42(56-8)36(6)48-50-38(30-59-48)23-19-20-25-41(33(3)27-31)61-49-47(58-10)46(57-9)44(55)37(7)60-49/h11-27,30,32-37,39-42,44-47,49,51-53,55H,28-29H2,1-10H3/b13-12+,14-11+,21-15-,22-16-,23-19+,24-17+,25-20-,26-18-,31-27+/t32?,33?,34?,35?,36?,37-,39?,40?,41?,42?,44-,45?,46+,47-,49-/m1/s1. The fourth-order valence-electron chi connectivity index (χ4n) is 7.36. The summed E-state index contributed by atoms with van der Waals surface area (Å²) in [6, 6.07) is 0. The summed E-state index contributed by atoms with van der Waals surface area (Å²) < 4.78 is 41.4. The molecule has 0 saturated carbocycles. The summed E-state index contributed by atoms with van der Waals surface area (Å²) in [5, 5.41) is 42.3. The Kier molecular flexibility index (Phi) is 23.0. The molecular weight excluding hydrogens is 795 g/mol. The molecule has 13 nitrogen and oxygen atoms in total. The van der Waals surface area contributed by atoms with Crippen LogP contribution in [0.3, 0.4) is 0 Å². The second kappa shape index (κ2) is 27.2. The smallest absolute Gasteiger partial charge is 0.331 e. The first-order valence-corrected chi connectivity index (χ1v) is 21.4. The van der Waals surface area contributed by atoms with Crippen LogP contribution >= 0.6 is 0 Å². The number of fused-ring (bicyclic) bond motifs is 2. The van der Waals surface area contributed by atoms with Gasteiger partial charge in [-0.2, -0.15) is 0 Å². The topological polar surface area (TPSA) is 179 Å². The highest BCUT2D eigenvalue weighted by Gasteiger charge is 2.46. The predicted octanol–water partition coefficient (Wildman–Crippen LogP) is 6.88. The Balaban J connectivity index is 1.96. The lowest BCUT2D eigenvalue weighted by Gasteiger charge is -2.43. The summed E-state index contributed by atoms with van der Waals surface area (Å²) >= 11 is 0. The number of cyclic esters (lactones) is 1. The van der Waals surface area contributed by atoms with Crippen molar-refractivity contribution in [3.8, 4) is 0 Å². The number of allylic oxidation sites excluding steroid dienone is 12. The van der Waals surface area contributed by atoms with E-state index in [1.54, 1.807) is 76.7 Å². The van der Waals surface area contributed by atoms with Gasteiger partial charge < -0.3 is 53.3 Å². The van der Waals surface area contributed by atoms with Crippen LogP contribution in [0.4, 0.5) is 0 Å². The molecule has 2 bridgehead atoms. The van der Waals surface area contributed by atoms with E-state index in [-0.39, 0.29) is 30.3 Å². The minimum Gasteiger partial charge on any atom is -0.458 e. The summed E-state index contributed by atoms with van der Waals surface area (Å²) in [4.78, 5) is 17.7. The zero-order valence-corrected chi connectivity index (χ0v) is 38.0. The average molecular weight is 866 g/mol. The van der Waals surface area contributed by atoms with Gasteiger partial charge in [0.15, 0.2) is 12.2 Å². The van der Waals surface area contributed by atoms with Gasteiger partial charge in [-0.3, -0.25) is 0 Å². The molecule has 0 spiro atoms. The lowest BCUT2D eigenvalue weighted by atomic mass is 9.86. The maximum atomic E-state index is 13.0. The lowest BCUT2D eigenvalue weighted by Crippen LogP contribution is -2.59. The second-order valence-electron chi connectivity index (χ2n) is 16.2. The molecule has 3 heterocycles. The normalized spacial score (nSPS) is 37.7. The molecule has 1 aromatic rings. The first-order chi connectivity index (χ1) is 29.6. The van der Waals surface area contributed by atoms with Crippen LogP contribution < -0.4 is 0 Å². The molecule has 62 heavy (non-hydrogen) atoms. The van der Waals surface area contributed by atoms with Crippen molar-refractivity contribution in [1.82, 2.24) is 4.98 Å². The molecule has 15 atom stereocenters. The van der Waals surface area contributed by atoms with Gasteiger partial charge in [0.2, 0.25) is 0 Å². The maximum Gasteiger partial charge on any atom is 0.331 e. The van der Waals surface area contributed by atoms with Crippen molar-refractivity contribution in [3.63, 3.8) is 0 Å². The van der Waals surface area contributed by atoms with Gasteiger partial charge in [0.25, 0.3) is 0 Å². The van der Waals surface area contributed by atoms with Crippen LogP contribution in [0.5, 0.6) is 0 Å². The van der Waals surface area contributed by atoms with E-state index in [1.165, 1.54) is 20.3 Å². The van der Waals surface area contributed by atoms with E-state index in [0.717, 1.165) is 5.57 Å². The summed E-state index contributed by atoms with van der Waals surface area (Å²) in [5.74, 6) is -1.26. The van der Waals surface area contributed by atoms with Crippen molar-refractivity contribution in [3.05, 3.63) is 121 Å². The molecule has 10 unspecified atom stereocenters. The van der Waals surface area contributed by atoms with Crippen molar-refractivity contribution in [2.24, 2.45) is 17.8 Å². The zero-order valence-electron chi connectivity index (χ0n) is 38.0. The Morgan fingerprint density at radius 3 is 2.08 bits per heavy atom. The molecule has 2 aliphatic rings. The van der Waals surface area contributed by atoms with Gasteiger partial charge >= 0.3 is 5.97 Å². The van der Waals surface area contributed by atoms with Gasteiger partial charge in [0, 0.05) is 51.6 Å². The van der Waals surface area contributed by atoms with E-state index in [0.29, 0.717) is 18.0 Å². The van der Waals surface area contributed by atoms with Crippen molar-refractivity contribution < 1.29 is 58.1 Å². The molecule has 1 fully saturated rings. The third-order valence-corrected chi connectivity index (χ3v) is 11.1. The lowest BCUT2D eigenvalue weighted by molar-refractivity contribution is -0.310. The number of aliphatic hydroxyl groups excluding tert-OH is 4. The van der Waals surface area contributed by atoms with E-state index in [4.69, 9.17) is 32.8 Å². The molecule has 1 saturated heterocycles. The minimum absolute atomic E-state index is 0.141. The Morgan fingerprint density at radius 1 is 0.790 bits per heavy atom. The number of nitrogens with zero attached hydrogens (tertiary/aromatic N) is 1. The molecule has 1 aromatic heterocycles. The number of rotatable bonds is 9. The number of hydrogen-bond donors (Lipinski definition) is 4. The highest BCUT2D eigenvalue weighted by molar-refractivity contribution is 5.82. The average Bonchev–Trinajstić information content (AvgIpc) is 3.71. The van der Waals surface area contributed by atoms with Crippen molar-refractivity contribution >= 4 is 12.0 Å². The van der Waals surface area contributed by atoms with E-state index < -0.39 is 73.1 Å². The molecule has 0 radical (unpaired) electrons. The fraction of sp³-hybridized carbons (Fsp3) is 0.551. The van der Waals surface area contributed by atoms with Gasteiger partial charge in [-0.25, -0.2) is 9.78 Å². The van der Waals surface area contributed by atoms with Crippen LogP contribution in [0.2, 0.25) is 0 Å². The number of ether oxygens (including phenoxy) is 6. The van der Waals surface area contributed by atoms with Crippen LogP contribution in [0.25, 0.3) is 6.08 Å². The van der Waals surface area contributed by atoms with Crippen LogP contribution in [-0.2, 0) is 33.2 Å². The molecule has 0 aliphatic carbocycles. The summed E-state index contributed by atoms with van der Waals surface area (Å²) in [5.41, 5.74) is 1.56. The fourth-order valence-corrected chi connectivity index (χ4v) is 7.36. The highest BCUT2D eigenvalue weighted by atomic mass is 16.7. The SMILES string of the molecule is COC1CC(O)/C=C/C=C/C=C\C(C)C(C(C)C(O)CC(C)O)OC(=O)\C=C/C=C/C=C\C(C)=C\C(C)C(O[C@H]2O[C@H](C)[C@@H](O)[C@H](OC)[C@H]2OC)/C=C\C=C\c2coc(n2)C1C. The van der Waals surface area contributed by atoms with Crippen LogP contribution in [0.15, 0.2) is 113 Å². The van der Waals surface area contributed by atoms with Crippen LogP contribution in [0, 0.1) is 17.8 Å². The Hall–Kier alpha value is -4.02. The van der Waals surface area contributed by atoms with Gasteiger partial charge in [-0.15, -0.1) is 0 Å². The monoisotopic (exact) mass is 865 g/mol. The maximum absolute atomic E-state index is 13.0. The number of carbonyl (C=O) groups excluding carboxylic acids is 1. The molecule has 4 N–H and O–H groups in total. The van der Waals surface area contributed by atoms with E-state index in [1.807, 2.05) is 76.3 Å². The molecule has 13 heteroatoms. The molecule has 3 rings (SSSR count). The Morgan fingerprint density at radius 2 is 1.42 bits per heavy atom. The van der Waals surface area contributed by atoms with Crippen molar-refractivity contribution in [2.75, 3.05) is 21.3 Å². The van der Waals surface area contributed by atoms with Gasteiger partial charge in [-0.1, -0.05) is 124 Å². The predicted molar refractivity (Wildman–Crippen MR) is 240 cm³/mol. The molecule has 344 valence electrons. The zero-order chi connectivity index (χ0) is 45.8. The van der Waals surface area contributed by atoms with Gasteiger partial charge in [0.05, 0.1) is 42.5 Å². The summed E-state index contributed by atoms with van der Waals surface area (Å²) in [6.45, 7) is 13.0. The summed E-state index contributed by atoms with van der Waals surface area (Å²) in [6.07, 6.45) is 24.8. The summed E-state index contributed by atoms with van der Waals surface area (Å²) in [7, 11) is 4.63. The van der Waals surface area contributed by atoms with E-state index in [2.05, 4.69) is 11.1 Å². The van der Waals surface area contributed by atoms with Crippen molar-refractivity contribution in [1.29, 1.82) is 0 Å². The Bertz CT molecular complexity index is 1750. The van der Waals surface area contributed by atoms with Crippen molar-refractivity contribution in [2.45, 2.75) is 135 Å². The molecule has 0 amide bonds. The minimum atomic E-state index is -0.903. The number of aliphatic hydroxyl groups is 4. The molecular formula is C49H71NO12. The number of hydrogen-bond acceptors (Lipinski definition) is 13. The van der Waals surface area contributed by atoms with E-state index >= 15 is 0 Å². The molecule has 0 aromatic carbocycles. The van der Waals surface area contributed by atoms with Crippen LogP contribution in [0.1, 0.15) is 78.8 Å². The number of oxazole rings is 1. The second-order valence-corrected chi connectivity index (χ2v) is 16.2. The third-order valence-electron chi connectivity index (χ3n) is 11.1. The van der Waals surface area contributed by atoms with E-state index in [9.17, 15) is 25.2 Å². The highest BCUT2D eigenvalue weighted by Crippen LogP contribution is 2.30. The first kappa shape index (κ1) is 52.3. The largest absolute Gasteiger partial charge is 0.458 e.